The molecule has 0 aromatic carbocycles. The molecule has 2 aliphatic rings. The summed E-state index contributed by atoms with van der Waals surface area (Å²) in [5.74, 6) is 0.856. The van der Waals surface area contributed by atoms with Crippen LogP contribution in [0.25, 0.3) is 0 Å². The summed E-state index contributed by atoms with van der Waals surface area (Å²) in [4.78, 5) is 5.26. The van der Waals surface area contributed by atoms with Gasteiger partial charge in [-0.1, -0.05) is 6.42 Å². The van der Waals surface area contributed by atoms with Crippen LogP contribution in [0, 0.1) is 5.92 Å². The molecule has 0 aromatic rings. The summed E-state index contributed by atoms with van der Waals surface area (Å²) >= 11 is 0. The van der Waals surface area contributed by atoms with Crippen molar-refractivity contribution >= 4 is 0 Å². The molecule has 2 fully saturated rings. The van der Waals surface area contributed by atoms with Crippen molar-refractivity contribution in [1.82, 2.24) is 9.80 Å². The van der Waals surface area contributed by atoms with Crippen LogP contribution in [0.2, 0.25) is 0 Å². The largest absolute Gasteiger partial charge is 0.328 e. The maximum atomic E-state index is 6.08. The van der Waals surface area contributed by atoms with E-state index in [2.05, 4.69) is 30.6 Å². The highest BCUT2D eigenvalue weighted by Gasteiger charge is 2.27. The van der Waals surface area contributed by atoms with Gasteiger partial charge in [-0.05, 0) is 46.0 Å². The zero-order valence-corrected chi connectivity index (χ0v) is 12.5. The summed E-state index contributed by atoms with van der Waals surface area (Å²) in [6.45, 7) is 13.2. The molecule has 1 aliphatic heterocycles. The van der Waals surface area contributed by atoms with E-state index in [1.807, 2.05) is 0 Å². The molecule has 1 aliphatic carbocycles. The average Bonchev–Trinajstić information content (AvgIpc) is 2.28. The minimum Gasteiger partial charge on any atom is -0.328 e. The second kappa shape index (κ2) is 5.89. The zero-order chi connectivity index (χ0) is 13.2. The standard InChI is InChI=1S/C15H31N3/c1-15(2,3)18-9-7-17(8-10-18)12-13-5-4-6-14(16)11-13/h13-14H,4-12,16H2,1-3H3. The van der Waals surface area contributed by atoms with Gasteiger partial charge < -0.3 is 10.6 Å². The Labute approximate surface area is 113 Å². The summed E-state index contributed by atoms with van der Waals surface area (Å²) in [5, 5.41) is 0. The van der Waals surface area contributed by atoms with E-state index in [-0.39, 0.29) is 0 Å². The van der Waals surface area contributed by atoms with E-state index in [0.29, 0.717) is 11.6 Å². The fourth-order valence-electron chi connectivity index (χ4n) is 3.46. The first-order valence-corrected chi connectivity index (χ1v) is 7.68. The minimum atomic E-state index is 0.333. The molecule has 1 saturated carbocycles. The van der Waals surface area contributed by atoms with Crippen LogP contribution in [0.15, 0.2) is 0 Å². The molecule has 18 heavy (non-hydrogen) atoms. The number of hydrogen-bond donors (Lipinski definition) is 1. The van der Waals surface area contributed by atoms with Gasteiger partial charge in [0.15, 0.2) is 0 Å². The molecule has 3 heteroatoms. The van der Waals surface area contributed by atoms with Crippen molar-refractivity contribution in [3.05, 3.63) is 0 Å². The van der Waals surface area contributed by atoms with Crippen LogP contribution >= 0.6 is 0 Å². The number of rotatable bonds is 2. The van der Waals surface area contributed by atoms with Crippen molar-refractivity contribution in [3.8, 4) is 0 Å². The molecular weight excluding hydrogens is 222 g/mol. The molecule has 3 nitrogen and oxygen atoms in total. The van der Waals surface area contributed by atoms with Gasteiger partial charge in [0.1, 0.15) is 0 Å². The van der Waals surface area contributed by atoms with Gasteiger partial charge in [0.2, 0.25) is 0 Å². The van der Waals surface area contributed by atoms with Crippen molar-refractivity contribution in [2.45, 2.75) is 58.0 Å². The highest BCUT2D eigenvalue weighted by molar-refractivity contribution is 4.84. The smallest absolute Gasteiger partial charge is 0.0126 e. The van der Waals surface area contributed by atoms with E-state index in [4.69, 9.17) is 5.73 Å². The van der Waals surface area contributed by atoms with Gasteiger partial charge in [0.05, 0.1) is 0 Å². The van der Waals surface area contributed by atoms with Gasteiger partial charge in [0, 0.05) is 44.3 Å². The molecule has 2 N–H and O–H groups in total. The van der Waals surface area contributed by atoms with E-state index in [0.717, 1.165) is 5.92 Å². The highest BCUT2D eigenvalue weighted by Crippen LogP contribution is 2.25. The van der Waals surface area contributed by atoms with E-state index >= 15 is 0 Å². The molecule has 0 spiro atoms. The van der Waals surface area contributed by atoms with Crippen LogP contribution in [-0.4, -0.2) is 54.1 Å². The van der Waals surface area contributed by atoms with Crippen molar-refractivity contribution in [2.75, 3.05) is 32.7 Å². The Kier molecular flexibility index (Phi) is 4.68. The lowest BCUT2D eigenvalue weighted by Gasteiger charge is -2.43. The van der Waals surface area contributed by atoms with Gasteiger partial charge in [-0.2, -0.15) is 0 Å². The lowest BCUT2D eigenvalue weighted by atomic mass is 9.85. The lowest BCUT2D eigenvalue weighted by molar-refractivity contribution is 0.0514. The number of hydrogen-bond acceptors (Lipinski definition) is 3. The Morgan fingerprint density at radius 2 is 1.72 bits per heavy atom. The number of piperazine rings is 1. The number of nitrogens with two attached hydrogens (primary N) is 1. The summed E-state index contributed by atoms with van der Waals surface area (Å²) < 4.78 is 0. The zero-order valence-electron chi connectivity index (χ0n) is 12.5. The topological polar surface area (TPSA) is 32.5 Å². The van der Waals surface area contributed by atoms with Gasteiger partial charge in [-0.25, -0.2) is 0 Å². The van der Waals surface area contributed by atoms with E-state index in [1.165, 1.54) is 58.4 Å². The van der Waals surface area contributed by atoms with Gasteiger partial charge >= 0.3 is 0 Å². The van der Waals surface area contributed by atoms with Crippen molar-refractivity contribution < 1.29 is 0 Å². The molecule has 2 unspecified atom stereocenters. The summed E-state index contributed by atoms with van der Waals surface area (Å²) in [6, 6.07) is 0.472. The monoisotopic (exact) mass is 253 g/mol. The molecule has 106 valence electrons. The maximum absolute atomic E-state index is 6.08. The van der Waals surface area contributed by atoms with Gasteiger partial charge in [0.25, 0.3) is 0 Å². The molecular formula is C15H31N3. The lowest BCUT2D eigenvalue weighted by Crippen LogP contribution is -2.54. The molecule has 0 aromatic heterocycles. The molecule has 2 rings (SSSR count). The van der Waals surface area contributed by atoms with Crippen LogP contribution in [-0.2, 0) is 0 Å². The van der Waals surface area contributed by atoms with Gasteiger partial charge in [-0.15, -0.1) is 0 Å². The van der Waals surface area contributed by atoms with E-state index in [1.54, 1.807) is 0 Å². The van der Waals surface area contributed by atoms with Crippen LogP contribution in [0.3, 0.4) is 0 Å². The van der Waals surface area contributed by atoms with Crippen LogP contribution in [0.1, 0.15) is 46.5 Å². The maximum Gasteiger partial charge on any atom is 0.0126 e. The molecule has 1 heterocycles. The van der Waals surface area contributed by atoms with E-state index in [9.17, 15) is 0 Å². The second-order valence-electron chi connectivity index (χ2n) is 7.25. The predicted octanol–water partition coefficient (Wildman–Crippen LogP) is 1.92. The van der Waals surface area contributed by atoms with Crippen LogP contribution in [0.5, 0.6) is 0 Å². The second-order valence-corrected chi connectivity index (χ2v) is 7.25. The first-order chi connectivity index (χ1) is 8.45. The molecule has 2 atom stereocenters. The normalized spacial score (nSPS) is 32.7. The molecule has 1 saturated heterocycles. The minimum absolute atomic E-state index is 0.333. The first kappa shape index (κ1) is 14.3. The Balaban J connectivity index is 1.73. The first-order valence-electron chi connectivity index (χ1n) is 7.68. The Morgan fingerprint density at radius 1 is 1.06 bits per heavy atom. The predicted molar refractivity (Wildman–Crippen MR) is 77.7 cm³/mol. The van der Waals surface area contributed by atoms with Crippen LogP contribution < -0.4 is 5.73 Å². The van der Waals surface area contributed by atoms with Crippen molar-refractivity contribution in [3.63, 3.8) is 0 Å². The Bertz CT molecular complexity index is 251. The Hall–Kier alpha value is -0.120. The SMILES string of the molecule is CC(C)(C)N1CCN(CC2CCCC(N)C2)CC1. The van der Waals surface area contributed by atoms with Crippen molar-refractivity contribution in [2.24, 2.45) is 11.7 Å². The summed E-state index contributed by atoms with van der Waals surface area (Å²) in [7, 11) is 0. The van der Waals surface area contributed by atoms with E-state index < -0.39 is 0 Å². The molecule has 0 amide bonds. The third-order valence-electron chi connectivity index (χ3n) is 4.66. The third kappa shape index (κ3) is 3.94. The molecule has 0 bridgehead atoms. The third-order valence-corrected chi connectivity index (χ3v) is 4.66. The highest BCUT2D eigenvalue weighted by atomic mass is 15.3. The molecule has 0 radical (unpaired) electrons. The fourth-order valence-corrected chi connectivity index (χ4v) is 3.46. The van der Waals surface area contributed by atoms with Crippen LogP contribution in [0.4, 0.5) is 0 Å². The quantitative estimate of drug-likeness (QED) is 0.816. The summed E-state index contributed by atoms with van der Waals surface area (Å²) in [5.41, 5.74) is 6.42. The number of nitrogens with zero attached hydrogens (tertiary/aromatic N) is 2. The van der Waals surface area contributed by atoms with Crippen molar-refractivity contribution in [1.29, 1.82) is 0 Å². The summed E-state index contributed by atoms with van der Waals surface area (Å²) in [6.07, 6.45) is 5.23. The van der Waals surface area contributed by atoms with Gasteiger partial charge in [-0.3, -0.25) is 4.90 Å². The average molecular weight is 253 g/mol. The fraction of sp³-hybridized carbons (Fsp3) is 1.00. The Morgan fingerprint density at radius 3 is 2.28 bits per heavy atom.